The topological polar surface area (TPSA) is 87.8 Å². The summed E-state index contributed by atoms with van der Waals surface area (Å²) in [5, 5.41) is 0.132. The Kier molecular flexibility index (Phi) is 6.80. The molecule has 1 fully saturated rings. The molecule has 1 aliphatic rings. The molecule has 1 heterocycles. The summed E-state index contributed by atoms with van der Waals surface area (Å²) in [5.74, 6) is -4.75. The first kappa shape index (κ1) is 24.4. The van der Waals surface area contributed by atoms with Crippen LogP contribution in [0.2, 0.25) is 0 Å². The van der Waals surface area contributed by atoms with Crippen LogP contribution in [0.15, 0.2) is 16.6 Å². The summed E-state index contributed by atoms with van der Waals surface area (Å²) < 4.78 is 85.0. The second kappa shape index (κ2) is 8.62. The van der Waals surface area contributed by atoms with Gasteiger partial charge in [0.25, 0.3) is 5.92 Å². The Morgan fingerprint density at radius 1 is 1.32 bits per heavy atom. The Balaban J connectivity index is 2.11. The number of halogens is 5. The van der Waals surface area contributed by atoms with Crippen LogP contribution in [0.25, 0.3) is 10.1 Å². The Morgan fingerprint density at radius 3 is 2.39 bits per heavy atom. The lowest BCUT2D eigenvalue weighted by molar-refractivity contribution is 0.0387. The third-order valence-electron chi connectivity index (χ3n) is 4.59. The number of amides is 1. The molecule has 6 nitrogen and oxygen atoms in total. The smallest absolute Gasteiger partial charge is 0.405 e. The van der Waals surface area contributed by atoms with Crippen LogP contribution in [-0.4, -0.2) is 31.7 Å². The van der Waals surface area contributed by atoms with Crippen LogP contribution in [0.4, 0.5) is 17.6 Å². The molecule has 13 heteroatoms. The van der Waals surface area contributed by atoms with E-state index < -0.39 is 35.9 Å². The second-order valence-corrected chi connectivity index (χ2v) is 10.7. The van der Waals surface area contributed by atoms with Gasteiger partial charge in [-0.2, -0.15) is 8.78 Å². The molecule has 3 rings (SSSR count). The zero-order valence-electron chi connectivity index (χ0n) is 16.4. The Labute approximate surface area is 187 Å². The summed E-state index contributed by atoms with van der Waals surface area (Å²) in [6.45, 7) is 1.90. The van der Waals surface area contributed by atoms with Crippen molar-refractivity contribution in [3.8, 4) is 5.75 Å². The fourth-order valence-electron chi connectivity index (χ4n) is 2.89. The van der Waals surface area contributed by atoms with Gasteiger partial charge in [-0.1, -0.05) is 0 Å². The minimum absolute atomic E-state index is 0.0515. The number of primary amides is 1. The Bertz CT molecular complexity index is 1050. The average Bonchev–Trinajstić information content (AvgIpc) is 3.14. The summed E-state index contributed by atoms with van der Waals surface area (Å²) in [4.78, 5) is 11.0. The number of carbonyl (C=O) groups excluding carboxylic acids is 1. The van der Waals surface area contributed by atoms with Crippen molar-refractivity contribution in [3.05, 3.63) is 27.0 Å². The van der Waals surface area contributed by atoms with Crippen molar-refractivity contribution in [1.82, 2.24) is 0 Å². The maximum absolute atomic E-state index is 15.3. The predicted octanol–water partition coefficient (Wildman–Crippen LogP) is 6.11. The number of fused-ring (bicyclic) bond motifs is 1. The summed E-state index contributed by atoms with van der Waals surface area (Å²) in [6.07, 6.45) is -0.338. The molecule has 1 saturated carbocycles. The Morgan fingerprint density at radius 2 is 1.90 bits per heavy atom. The molecule has 0 aliphatic heterocycles. The van der Waals surface area contributed by atoms with Gasteiger partial charge < -0.3 is 19.5 Å². The van der Waals surface area contributed by atoms with Gasteiger partial charge in [-0.15, -0.1) is 11.3 Å². The summed E-state index contributed by atoms with van der Waals surface area (Å²) in [6, 6.07) is 2.48. The van der Waals surface area contributed by atoms with Crippen molar-refractivity contribution in [2.24, 2.45) is 11.7 Å². The van der Waals surface area contributed by atoms with E-state index in [1.165, 1.54) is 26.0 Å². The van der Waals surface area contributed by atoms with Gasteiger partial charge in [-0.05, 0) is 41.9 Å². The molecule has 172 valence electrons. The van der Waals surface area contributed by atoms with Gasteiger partial charge in [0.05, 0.1) is 30.4 Å². The molecule has 0 spiro atoms. The van der Waals surface area contributed by atoms with Gasteiger partial charge in [-0.25, -0.2) is 8.78 Å². The van der Waals surface area contributed by atoms with Crippen LogP contribution in [0.1, 0.15) is 35.5 Å². The highest BCUT2D eigenvalue weighted by Gasteiger charge is 2.58. The van der Waals surface area contributed by atoms with E-state index in [1.807, 2.05) is 0 Å². The molecular formula is C18H19BrF4NO5PS. The molecule has 1 aromatic heterocycles. The highest BCUT2D eigenvalue weighted by atomic mass is 79.9. The van der Waals surface area contributed by atoms with E-state index in [0.29, 0.717) is 11.3 Å². The van der Waals surface area contributed by atoms with Crippen molar-refractivity contribution in [2.45, 2.75) is 31.9 Å². The fourth-order valence-corrected chi connectivity index (χ4v) is 6.90. The molecule has 1 aliphatic carbocycles. The van der Waals surface area contributed by atoms with Crippen LogP contribution in [0.3, 0.4) is 0 Å². The van der Waals surface area contributed by atoms with E-state index in [4.69, 9.17) is 19.5 Å². The third-order valence-corrected chi connectivity index (χ3v) is 9.23. The molecule has 1 atom stereocenters. The minimum Gasteiger partial charge on any atom is -0.492 e. The standard InChI is InChI=1S/C18H19BrF4NO5PS/c1-3-28-30(26,29-4-2)18(22,23)15-13(19)11-5-9(16(24)25)6-12(14(11)31-15)27-8-10-7-17(10,20)21/h5-6,10H,3-4,7-8H2,1-2H3,(H2,24,25). The fraction of sp³-hybridized carbons (Fsp3) is 0.500. The van der Waals surface area contributed by atoms with Crippen LogP contribution in [0, 0.1) is 5.92 Å². The minimum atomic E-state index is -4.90. The molecular weight excluding hydrogens is 529 g/mol. The third kappa shape index (κ3) is 4.50. The zero-order chi connectivity index (χ0) is 23.2. The molecule has 1 aromatic carbocycles. The number of rotatable bonds is 10. The highest BCUT2D eigenvalue weighted by molar-refractivity contribution is 9.10. The maximum Gasteiger partial charge on any atom is 0.405 e. The van der Waals surface area contributed by atoms with Gasteiger partial charge in [0.2, 0.25) is 5.91 Å². The first-order valence-corrected chi connectivity index (χ1v) is 12.4. The molecule has 1 amide bonds. The first-order valence-electron chi connectivity index (χ1n) is 9.22. The molecule has 2 aromatic rings. The van der Waals surface area contributed by atoms with Gasteiger partial charge in [0.15, 0.2) is 0 Å². The number of hydrogen-bond donors (Lipinski definition) is 1. The van der Waals surface area contributed by atoms with Crippen LogP contribution >= 0.6 is 34.9 Å². The zero-order valence-corrected chi connectivity index (χ0v) is 19.7. The van der Waals surface area contributed by atoms with Crippen molar-refractivity contribution in [3.63, 3.8) is 0 Å². The van der Waals surface area contributed by atoms with Gasteiger partial charge in [0, 0.05) is 21.8 Å². The lowest BCUT2D eigenvalue weighted by Crippen LogP contribution is -2.17. The SMILES string of the molecule is CCOP(=O)(OCC)C(F)(F)c1sc2c(OCC3CC3(F)F)cc(C(N)=O)cc2c1Br. The molecule has 0 bridgehead atoms. The van der Waals surface area contributed by atoms with Crippen LogP contribution in [0.5, 0.6) is 5.75 Å². The van der Waals surface area contributed by atoms with Crippen molar-refractivity contribution in [1.29, 1.82) is 0 Å². The Hall–Kier alpha value is -1.20. The number of carbonyl (C=O) groups is 1. The molecule has 31 heavy (non-hydrogen) atoms. The first-order chi connectivity index (χ1) is 14.4. The van der Waals surface area contributed by atoms with E-state index in [1.54, 1.807) is 0 Å². The van der Waals surface area contributed by atoms with Crippen molar-refractivity contribution in [2.75, 3.05) is 19.8 Å². The lowest BCUT2D eigenvalue weighted by Gasteiger charge is -2.25. The van der Waals surface area contributed by atoms with Gasteiger partial charge in [0.1, 0.15) is 10.6 Å². The van der Waals surface area contributed by atoms with Gasteiger partial charge >= 0.3 is 13.3 Å². The highest BCUT2D eigenvalue weighted by Crippen LogP contribution is 2.69. The largest absolute Gasteiger partial charge is 0.492 e. The molecule has 0 saturated heterocycles. The van der Waals surface area contributed by atoms with Crippen molar-refractivity contribution < 1.29 is 40.7 Å². The number of thiophene rings is 1. The number of ether oxygens (including phenoxy) is 1. The second-order valence-electron chi connectivity index (χ2n) is 6.81. The quantitative estimate of drug-likeness (QED) is 0.286. The lowest BCUT2D eigenvalue weighted by atomic mass is 10.1. The summed E-state index contributed by atoms with van der Waals surface area (Å²) in [5.41, 5.74) is 1.23. The average molecular weight is 548 g/mol. The number of alkyl halides is 4. The van der Waals surface area contributed by atoms with E-state index in [0.717, 1.165) is 0 Å². The van der Waals surface area contributed by atoms with E-state index >= 15 is 8.78 Å². The summed E-state index contributed by atoms with van der Waals surface area (Å²) >= 11 is 3.62. The van der Waals surface area contributed by atoms with E-state index in [2.05, 4.69) is 15.9 Å². The van der Waals surface area contributed by atoms with Gasteiger partial charge in [-0.3, -0.25) is 9.36 Å². The number of benzene rings is 1. The van der Waals surface area contributed by atoms with Crippen molar-refractivity contribution >= 4 is 50.9 Å². The van der Waals surface area contributed by atoms with Crippen LogP contribution in [-0.2, 0) is 19.3 Å². The monoisotopic (exact) mass is 547 g/mol. The van der Waals surface area contributed by atoms with E-state index in [-0.39, 0.29) is 52.1 Å². The number of nitrogens with two attached hydrogens (primary N) is 1. The molecule has 1 unspecified atom stereocenters. The van der Waals surface area contributed by atoms with Crippen LogP contribution < -0.4 is 10.5 Å². The summed E-state index contributed by atoms with van der Waals surface area (Å²) in [7, 11) is -4.90. The normalized spacial score (nSPS) is 18.4. The molecule has 2 N–H and O–H groups in total. The number of hydrogen-bond acceptors (Lipinski definition) is 6. The van der Waals surface area contributed by atoms with E-state index in [9.17, 15) is 18.1 Å². The predicted molar refractivity (Wildman–Crippen MR) is 111 cm³/mol. The molecule has 0 radical (unpaired) electrons. The maximum atomic E-state index is 15.3.